The fourth-order valence-electron chi connectivity index (χ4n) is 3.05. The molecule has 0 bridgehead atoms. The smallest absolute Gasteiger partial charge is 0.339 e. The van der Waals surface area contributed by atoms with E-state index in [-0.39, 0.29) is 16.4 Å². The zero-order chi connectivity index (χ0) is 23.3. The van der Waals surface area contributed by atoms with Crippen LogP contribution in [0.2, 0.25) is 0 Å². The number of rotatable bonds is 8. The van der Waals surface area contributed by atoms with Gasteiger partial charge in [-0.25, -0.2) is 9.67 Å². The third kappa shape index (κ3) is 5.22. The molecule has 4 aromatic rings. The van der Waals surface area contributed by atoms with E-state index in [2.05, 4.69) is 22.2 Å². The molecule has 0 N–H and O–H groups in total. The minimum Gasteiger partial charge on any atom is -0.489 e. The highest BCUT2D eigenvalue weighted by molar-refractivity contribution is 7.87. The molecule has 0 unspecified atom stereocenters. The zero-order valence-electron chi connectivity index (χ0n) is 18.1. The highest BCUT2D eigenvalue weighted by Gasteiger charge is 2.19. The number of ether oxygens (including phenoxy) is 1. The van der Waals surface area contributed by atoms with Crippen LogP contribution in [-0.2, 0) is 10.1 Å². The van der Waals surface area contributed by atoms with Gasteiger partial charge in [-0.15, -0.1) is 0 Å². The van der Waals surface area contributed by atoms with Crippen molar-refractivity contribution < 1.29 is 17.3 Å². The molecule has 7 nitrogen and oxygen atoms in total. The Bertz CT molecular complexity index is 1370. The molecule has 0 amide bonds. The lowest BCUT2D eigenvalue weighted by molar-refractivity contribution is 0.327. The molecule has 0 spiro atoms. The lowest BCUT2D eigenvalue weighted by Crippen LogP contribution is -2.10. The van der Waals surface area contributed by atoms with E-state index in [1.54, 1.807) is 42.1 Å². The summed E-state index contributed by atoms with van der Waals surface area (Å²) in [5.74, 6) is 0.796. The second-order valence-corrected chi connectivity index (χ2v) is 8.52. The number of aromatic nitrogens is 2. The summed E-state index contributed by atoms with van der Waals surface area (Å²) in [7, 11) is -4.03. The minimum atomic E-state index is -4.03. The third-order valence-corrected chi connectivity index (χ3v) is 5.74. The molecular formula is C25H21N3O4S. The van der Waals surface area contributed by atoms with Gasteiger partial charge in [0.15, 0.2) is 11.6 Å². The van der Waals surface area contributed by atoms with Crippen LogP contribution in [0.3, 0.4) is 0 Å². The summed E-state index contributed by atoms with van der Waals surface area (Å²) in [6.45, 7) is 4.00. The first kappa shape index (κ1) is 22.1. The van der Waals surface area contributed by atoms with E-state index in [0.29, 0.717) is 18.0 Å². The molecule has 0 atom stereocenters. The van der Waals surface area contributed by atoms with E-state index in [1.165, 1.54) is 12.1 Å². The molecule has 166 valence electrons. The van der Waals surface area contributed by atoms with Gasteiger partial charge in [-0.1, -0.05) is 42.5 Å². The number of aliphatic imine (C=N–C) groups is 1. The Hall–Kier alpha value is -4.09. The number of hydrogen-bond acceptors (Lipinski definition) is 6. The van der Waals surface area contributed by atoms with Gasteiger partial charge in [-0.3, -0.25) is 0 Å². The molecule has 0 aliphatic rings. The molecule has 0 saturated heterocycles. The highest BCUT2D eigenvalue weighted by atomic mass is 32.2. The maximum atomic E-state index is 12.6. The van der Waals surface area contributed by atoms with Gasteiger partial charge in [0.05, 0.1) is 18.0 Å². The molecule has 0 saturated carbocycles. The number of para-hydroxylation sites is 1. The third-order valence-electron chi connectivity index (χ3n) is 4.50. The van der Waals surface area contributed by atoms with Crippen molar-refractivity contribution in [3.63, 3.8) is 0 Å². The van der Waals surface area contributed by atoms with Gasteiger partial charge < -0.3 is 8.92 Å². The van der Waals surface area contributed by atoms with Gasteiger partial charge in [-0.2, -0.15) is 13.5 Å². The normalized spacial score (nSPS) is 11.3. The molecule has 1 aromatic heterocycles. The van der Waals surface area contributed by atoms with E-state index >= 15 is 0 Å². The fraction of sp³-hybridized carbons (Fsp3) is 0.120. The number of hydrogen-bond donors (Lipinski definition) is 0. The average Bonchev–Trinajstić information content (AvgIpc) is 3.21. The Balaban J connectivity index is 1.62. The maximum Gasteiger partial charge on any atom is 0.339 e. The van der Waals surface area contributed by atoms with Crippen molar-refractivity contribution in [2.24, 2.45) is 4.99 Å². The summed E-state index contributed by atoms with van der Waals surface area (Å²) in [5.41, 5.74) is 2.26. The van der Waals surface area contributed by atoms with Crippen molar-refractivity contribution in [3.8, 4) is 17.2 Å². The summed E-state index contributed by atoms with van der Waals surface area (Å²) in [6.07, 6.45) is 1.59. The molecule has 1 heterocycles. The molecule has 4 rings (SSSR count). The van der Waals surface area contributed by atoms with Gasteiger partial charge >= 0.3 is 10.1 Å². The van der Waals surface area contributed by atoms with Crippen molar-refractivity contribution in [1.29, 1.82) is 0 Å². The van der Waals surface area contributed by atoms with Crippen LogP contribution in [-0.4, -0.2) is 31.0 Å². The van der Waals surface area contributed by atoms with Crippen LogP contribution >= 0.6 is 0 Å². The van der Waals surface area contributed by atoms with Crippen LogP contribution in [0.5, 0.6) is 11.5 Å². The van der Waals surface area contributed by atoms with Gasteiger partial charge in [0, 0.05) is 23.9 Å². The van der Waals surface area contributed by atoms with Crippen LogP contribution in [0.4, 0.5) is 5.82 Å². The van der Waals surface area contributed by atoms with E-state index in [1.807, 2.05) is 43.3 Å². The number of aryl methyl sites for hydroxylation is 1. The zero-order valence-corrected chi connectivity index (χ0v) is 18.9. The van der Waals surface area contributed by atoms with Crippen LogP contribution < -0.4 is 8.92 Å². The molecule has 0 aliphatic carbocycles. The lowest BCUT2D eigenvalue weighted by atomic mass is 10.2. The highest BCUT2D eigenvalue weighted by Crippen LogP contribution is 2.29. The SMILES string of the molecule is CCOc1cc(C=Nc2cc(C)nn2-c2ccccc2)c#cc1OS(=O)(=O)c1ccccc1. The molecule has 3 aromatic carbocycles. The maximum absolute atomic E-state index is 12.6. The fourth-order valence-corrected chi connectivity index (χ4v) is 3.98. The summed E-state index contributed by atoms with van der Waals surface area (Å²) < 4.78 is 37.8. The van der Waals surface area contributed by atoms with Crippen molar-refractivity contribution in [1.82, 2.24) is 9.78 Å². The van der Waals surface area contributed by atoms with Gasteiger partial charge in [0.2, 0.25) is 5.75 Å². The van der Waals surface area contributed by atoms with Gasteiger partial charge in [0.1, 0.15) is 4.90 Å². The van der Waals surface area contributed by atoms with Crippen molar-refractivity contribution in [3.05, 3.63) is 96.2 Å². The van der Waals surface area contributed by atoms with Crippen molar-refractivity contribution >= 4 is 22.2 Å². The van der Waals surface area contributed by atoms with E-state index < -0.39 is 10.1 Å². The second kappa shape index (κ2) is 9.59. The Morgan fingerprint density at radius 1 is 1.03 bits per heavy atom. The Kier molecular flexibility index (Phi) is 6.43. The Morgan fingerprint density at radius 3 is 2.42 bits per heavy atom. The first-order chi connectivity index (χ1) is 16.0. The first-order valence-corrected chi connectivity index (χ1v) is 11.6. The molecular weight excluding hydrogens is 438 g/mol. The average molecular weight is 460 g/mol. The van der Waals surface area contributed by atoms with Crippen LogP contribution in [0, 0.1) is 19.1 Å². The second-order valence-electron chi connectivity index (χ2n) is 6.98. The first-order valence-electron chi connectivity index (χ1n) is 10.2. The number of nitrogens with zero attached hydrogens (tertiary/aromatic N) is 3. The predicted octanol–water partition coefficient (Wildman–Crippen LogP) is 4.70. The van der Waals surface area contributed by atoms with Crippen LogP contribution in [0.15, 0.2) is 82.7 Å². The predicted molar refractivity (Wildman–Crippen MR) is 125 cm³/mol. The standard InChI is InChI=1S/C25H21N3O4S/c1-3-31-24-17-20(14-15-23(24)32-33(29,30)22-12-8-5-9-13-22)18-26-25-16-19(2)27-28(25)21-10-6-4-7-11-21/h4-13,16-18H,3H2,1-2H3. The van der Waals surface area contributed by atoms with E-state index in [0.717, 1.165) is 11.4 Å². The van der Waals surface area contributed by atoms with Crippen LogP contribution in [0.1, 0.15) is 18.2 Å². The molecule has 33 heavy (non-hydrogen) atoms. The van der Waals surface area contributed by atoms with Crippen LogP contribution in [0.25, 0.3) is 5.69 Å². The summed E-state index contributed by atoms with van der Waals surface area (Å²) in [4.78, 5) is 4.57. The summed E-state index contributed by atoms with van der Waals surface area (Å²) >= 11 is 0. The quantitative estimate of drug-likeness (QED) is 0.282. The van der Waals surface area contributed by atoms with Gasteiger partial charge in [0.25, 0.3) is 0 Å². The molecule has 0 aliphatic heterocycles. The number of benzene rings is 2. The monoisotopic (exact) mass is 459 g/mol. The van der Waals surface area contributed by atoms with Crippen molar-refractivity contribution in [2.45, 2.75) is 18.7 Å². The summed E-state index contributed by atoms with van der Waals surface area (Å²) in [5, 5.41) is 4.50. The molecule has 0 radical (unpaired) electrons. The van der Waals surface area contributed by atoms with Gasteiger partial charge in [-0.05, 0) is 44.2 Å². The van der Waals surface area contributed by atoms with E-state index in [9.17, 15) is 8.42 Å². The van der Waals surface area contributed by atoms with Crippen molar-refractivity contribution in [2.75, 3.05) is 6.61 Å². The Morgan fingerprint density at radius 2 is 1.73 bits per heavy atom. The summed E-state index contributed by atoms with van der Waals surface area (Å²) in [6, 6.07) is 26.6. The topological polar surface area (TPSA) is 82.8 Å². The van der Waals surface area contributed by atoms with E-state index in [4.69, 9.17) is 8.92 Å². The molecule has 0 fully saturated rings. The molecule has 8 heteroatoms. The minimum absolute atomic E-state index is 0.0380. The lowest BCUT2D eigenvalue weighted by Gasteiger charge is -2.10. The Labute approximate surface area is 193 Å². The largest absolute Gasteiger partial charge is 0.489 e.